The first-order valence-corrected chi connectivity index (χ1v) is 7.20. The van der Waals surface area contributed by atoms with Crippen molar-refractivity contribution in [2.24, 2.45) is 13.0 Å². The number of hydrogen-bond acceptors (Lipinski definition) is 3. The van der Waals surface area contributed by atoms with E-state index in [0.717, 1.165) is 11.1 Å². The van der Waals surface area contributed by atoms with Crippen LogP contribution in [-0.2, 0) is 18.3 Å². The highest BCUT2D eigenvalue weighted by molar-refractivity contribution is 6.05. The Bertz CT molecular complexity index is 764. The monoisotopic (exact) mass is 298 g/mol. The molecule has 0 saturated carbocycles. The summed E-state index contributed by atoms with van der Waals surface area (Å²) in [6.07, 6.45) is 0.568. The van der Waals surface area contributed by atoms with Crippen LogP contribution in [0, 0.1) is 12.8 Å². The van der Waals surface area contributed by atoms with Crippen molar-refractivity contribution < 1.29 is 9.59 Å². The number of benzene rings is 1. The van der Waals surface area contributed by atoms with Gasteiger partial charge in [-0.3, -0.25) is 14.3 Å². The van der Waals surface area contributed by atoms with Gasteiger partial charge in [-0.1, -0.05) is 24.6 Å². The molecule has 22 heavy (non-hydrogen) atoms. The lowest BCUT2D eigenvalue weighted by molar-refractivity contribution is -0.119. The van der Waals surface area contributed by atoms with Crippen LogP contribution in [0.4, 0.5) is 11.6 Å². The maximum atomic E-state index is 12.4. The summed E-state index contributed by atoms with van der Waals surface area (Å²) in [6.45, 7) is 3.80. The van der Waals surface area contributed by atoms with Crippen molar-refractivity contribution in [3.63, 3.8) is 0 Å². The zero-order chi connectivity index (χ0) is 15.9. The van der Waals surface area contributed by atoms with Crippen molar-refractivity contribution in [2.45, 2.75) is 20.3 Å². The minimum Gasteiger partial charge on any atom is -0.310 e. The maximum absolute atomic E-state index is 12.4. The summed E-state index contributed by atoms with van der Waals surface area (Å²) in [6, 6.07) is 7.38. The molecule has 2 heterocycles. The van der Waals surface area contributed by atoms with Crippen LogP contribution in [0.2, 0.25) is 0 Å². The third-order valence-electron chi connectivity index (χ3n) is 3.86. The topological polar surface area (TPSA) is 76.0 Å². The summed E-state index contributed by atoms with van der Waals surface area (Å²) in [5.41, 5.74) is 2.49. The fraction of sp³-hybridized carbons (Fsp3) is 0.312. The number of fused-ring (bicyclic) bond motifs is 1. The summed E-state index contributed by atoms with van der Waals surface area (Å²) in [7, 11) is 1.75. The van der Waals surface area contributed by atoms with E-state index in [0.29, 0.717) is 23.6 Å². The largest absolute Gasteiger partial charge is 0.310 e. The van der Waals surface area contributed by atoms with E-state index in [2.05, 4.69) is 15.7 Å². The summed E-state index contributed by atoms with van der Waals surface area (Å²) >= 11 is 0. The first-order valence-electron chi connectivity index (χ1n) is 7.20. The molecule has 2 N–H and O–H groups in total. The number of hydrogen-bond donors (Lipinski definition) is 2. The highest BCUT2D eigenvalue weighted by Crippen LogP contribution is 2.31. The molecule has 0 bridgehead atoms. The lowest BCUT2D eigenvalue weighted by Gasteiger charge is -2.19. The quantitative estimate of drug-likeness (QED) is 0.891. The van der Waals surface area contributed by atoms with Crippen molar-refractivity contribution >= 4 is 23.5 Å². The first-order chi connectivity index (χ1) is 10.5. The number of nitrogens with one attached hydrogen (secondary N) is 2. The van der Waals surface area contributed by atoms with Gasteiger partial charge in [-0.15, -0.1) is 0 Å². The average molecular weight is 298 g/mol. The Morgan fingerprint density at radius 2 is 2.23 bits per heavy atom. The van der Waals surface area contributed by atoms with E-state index >= 15 is 0 Å². The zero-order valence-corrected chi connectivity index (χ0v) is 12.8. The maximum Gasteiger partial charge on any atom is 0.256 e. The number of anilines is 2. The number of aryl methyl sites for hydroxylation is 2. The van der Waals surface area contributed by atoms with E-state index in [1.54, 1.807) is 17.8 Å². The van der Waals surface area contributed by atoms with Gasteiger partial charge in [0.25, 0.3) is 5.91 Å². The Kier molecular flexibility index (Phi) is 3.44. The summed E-state index contributed by atoms with van der Waals surface area (Å²) in [5, 5.41) is 10.00. The van der Waals surface area contributed by atoms with E-state index in [1.807, 2.05) is 32.0 Å². The molecule has 0 aliphatic carbocycles. The molecule has 6 nitrogen and oxygen atoms in total. The molecular formula is C16H18N4O2. The van der Waals surface area contributed by atoms with Gasteiger partial charge in [0, 0.05) is 24.1 Å². The van der Waals surface area contributed by atoms with Crippen LogP contribution in [0.3, 0.4) is 0 Å². The lowest BCUT2D eigenvalue weighted by Crippen LogP contribution is -2.28. The smallest absolute Gasteiger partial charge is 0.256 e. The second-order valence-corrected chi connectivity index (χ2v) is 5.72. The van der Waals surface area contributed by atoms with E-state index in [1.165, 1.54) is 0 Å². The second-order valence-electron chi connectivity index (χ2n) is 5.72. The molecule has 2 amide bonds. The molecule has 2 aromatic rings. The Morgan fingerprint density at radius 3 is 2.95 bits per heavy atom. The second kappa shape index (κ2) is 5.29. The van der Waals surface area contributed by atoms with Crippen LogP contribution in [-0.4, -0.2) is 21.6 Å². The predicted octanol–water partition coefficient (Wildman–Crippen LogP) is 2.11. The van der Waals surface area contributed by atoms with Crippen LogP contribution in [0.25, 0.3) is 0 Å². The number of rotatable bonds is 2. The van der Waals surface area contributed by atoms with Crippen LogP contribution >= 0.6 is 0 Å². The Hall–Kier alpha value is -2.63. The fourth-order valence-corrected chi connectivity index (χ4v) is 2.62. The Morgan fingerprint density at radius 1 is 1.45 bits per heavy atom. The SMILES string of the molecule is Cc1cccc(C(=O)Nc2nn(C)c3c2CC(C)C(=O)N3)c1. The van der Waals surface area contributed by atoms with Crippen molar-refractivity contribution in [3.8, 4) is 0 Å². The molecule has 1 aromatic heterocycles. The summed E-state index contributed by atoms with van der Waals surface area (Å²) in [4.78, 5) is 24.1. The average Bonchev–Trinajstić information content (AvgIpc) is 2.76. The van der Waals surface area contributed by atoms with Crippen LogP contribution in [0.15, 0.2) is 24.3 Å². The highest BCUT2D eigenvalue weighted by Gasteiger charge is 2.29. The number of carbonyl (C=O) groups is 2. The molecule has 0 saturated heterocycles. The third kappa shape index (κ3) is 2.47. The highest BCUT2D eigenvalue weighted by atomic mass is 16.2. The number of carbonyl (C=O) groups excluding carboxylic acids is 2. The molecule has 0 radical (unpaired) electrons. The fourth-order valence-electron chi connectivity index (χ4n) is 2.62. The molecule has 0 spiro atoms. The van der Waals surface area contributed by atoms with Gasteiger partial charge >= 0.3 is 0 Å². The summed E-state index contributed by atoms with van der Waals surface area (Å²) < 4.78 is 1.59. The van der Waals surface area contributed by atoms with Crippen molar-refractivity contribution in [3.05, 3.63) is 41.0 Å². The Labute approximate surface area is 128 Å². The van der Waals surface area contributed by atoms with E-state index in [4.69, 9.17) is 0 Å². The molecule has 0 fully saturated rings. The van der Waals surface area contributed by atoms with Gasteiger partial charge in [-0.25, -0.2) is 0 Å². The number of aromatic nitrogens is 2. The molecule has 1 aliphatic rings. The van der Waals surface area contributed by atoms with Gasteiger partial charge in [-0.05, 0) is 25.5 Å². The lowest BCUT2D eigenvalue weighted by atomic mass is 9.98. The van der Waals surface area contributed by atoms with Gasteiger partial charge in [0.1, 0.15) is 5.82 Å². The zero-order valence-electron chi connectivity index (χ0n) is 12.8. The van der Waals surface area contributed by atoms with Crippen LogP contribution in [0.5, 0.6) is 0 Å². The standard InChI is InChI=1S/C16H18N4O2/c1-9-5-4-6-11(7-9)16(22)17-13-12-8-10(2)15(21)18-14(12)20(3)19-13/h4-7,10H,8H2,1-3H3,(H,18,21)(H,17,19,22). The normalized spacial score (nSPS) is 16.9. The Balaban J connectivity index is 1.89. The number of nitrogens with zero attached hydrogens (tertiary/aromatic N) is 2. The van der Waals surface area contributed by atoms with E-state index in [9.17, 15) is 9.59 Å². The molecular weight excluding hydrogens is 280 g/mol. The number of amides is 2. The van der Waals surface area contributed by atoms with Gasteiger partial charge in [0.05, 0.1) is 0 Å². The minimum absolute atomic E-state index is 0.0212. The molecule has 114 valence electrons. The molecule has 1 unspecified atom stereocenters. The van der Waals surface area contributed by atoms with Crippen molar-refractivity contribution in [2.75, 3.05) is 10.6 Å². The van der Waals surface area contributed by atoms with Gasteiger partial charge in [-0.2, -0.15) is 5.10 Å². The minimum atomic E-state index is -0.200. The molecule has 3 rings (SSSR count). The first kappa shape index (κ1) is 14.3. The molecule has 6 heteroatoms. The molecule has 1 atom stereocenters. The van der Waals surface area contributed by atoms with Crippen LogP contribution < -0.4 is 10.6 Å². The predicted molar refractivity (Wildman–Crippen MR) is 83.8 cm³/mol. The van der Waals surface area contributed by atoms with E-state index < -0.39 is 0 Å². The molecule has 1 aliphatic heterocycles. The van der Waals surface area contributed by atoms with Crippen molar-refractivity contribution in [1.82, 2.24) is 9.78 Å². The van der Waals surface area contributed by atoms with Gasteiger partial charge < -0.3 is 10.6 Å². The van der Waals surface area contributed by atoms with Crippen molar-refractivity contribution in [1.29, 1.82) is 0 Å². The van der Waals surface area contributed by atoms with Gasteiger partial charge in [0.2, 0.25) is 5.91 Å². The third-order valence-corrected chi connectivity index (χ3v) is 3.86. The van der Waals surface area contributed by atoms with Gasteiger partial charge in [0.15, 0.2) is 5.82 Å². The van der Waals surface area contributed by atoms with E-state index in [-0.39, 0.29) is 17.7 Å². The molecule has 1 aromatic carbocycles. The van der Waals surface area contributed by atoms with Crippen LogP contribution in [0.1, 0.15) is 28.4 Å². The summed E-state index contributed by atoms with van der Waals surface area (Å²) in [5.74, 6) is 0.811.